The fraction of sp³-hybridized carbons (Fsp3) is 0. The summed E-state index contributed by atoms with van der Waals surface area (Å²) in [4.78, 5) is 10.1. The minimum absolute atomic E-state index is 0.434. The van der Waals surface area contributed by atoms with Crippen LogP contribution in [0.5, 0.6) is 0 Å². The molecule has 0 saturated carbocycles. The van der Waals surface area contributed by atoms with Gasteiger partial charge in [-0.05, 0) is 6.07 Å². The Morgan fingerprint density at radius 2 is 2.56 bits per heavy atom. The van der Waals surface area contributed by atoms with E-state index in [-0.39, 0.29) is 0 Å². The van der Waals surface area contributed by atoms with Crippen molar-refractivity contribution < 1.29 is 4.79 Å². The van der Waals surface area contributed by atoms with E-state index in [4.69, 9.17) is 0 Å². The van der Waals surface area contributed by atoms with E-state index in [1.54, 1.807) is 6.07 Å². The van der Waals surface area contributed by atoms with E-state index in [1.807, 2.05) is 0 Å². The van der Waals surface area contributed by atoms with Crippen LogP contribution in [-0.4, -0.2) is 26.9 Å². The van der Waals surface area contributed by atoms with Crippen molar-refractivity contribution in [3.63, 3.8) is 0 Å². The van der Waals surface area contributed by atoms with Crippen LogP contribution >= 0.6 is 0 Å². The first-order valence-corrected chi connectivity index (χ1v) is 2.38. The zero-order valence-corrected chi connectivity index (χ0v) is 4.59. The van der Waals surface area contributed by atoms with Crippen molar-refractivity contribution in [2.24, 2.45) is 0 Å². The van der Waals surface area contributed by atoms with Gasteiger partial charge in [0.05, 0.1) is 11.9 Å². The summed E-state index contributed by atoms with van der Waals surface area (Å²) in [5.41, 5.74) is 0.434. The highest BCUT2D eigenvalue weighted by molar-refractivity contribution is 5.70. The van der Waals surface area contributed by atoms with Crippen molar-refractivity contribution in [1.82, 2.24) is 20.6 Å². The molecule has 0 saturated heterocycles. The Morgan fingerprint density at radius 3 is 3.33 bits per heavy atom. The fourth-order valence-corrected chi connectivity index (χ4v) is 0.398. The summed E-state index contributed by atoms with van der Waals surface area (Å²) in [6.07, 6.45) is 2.16. The molecule has 0 atom stereocenters. The number of carbonyl (C=O) groups excluding carboxylic acids is 1. The highest BCUT2D eigenvalue weighted by Crippen LogP contribution is 1.77. The molecule has 0 amide bonds. The van der Waals surface area contributed by atoms with Crippen LogP contribution in [0.4, 0.5) is 0 Å². The lowest BCUT2D eigenvalue weighted by Gasteiger charge is -1.77. The predicted octanol–water partition coefficient (Wildman–Crippen LogP) is 0.00280. The van der Waals surface area contributed by atoms with Gasteiger partial charge in [0.25, 0.3) is 0 Å². The lowest BCUT2D eigenvalue weighted by Crippen LogP contribution is -1.84. The third kappa shape index (κ3) is 1.45. The van der Waals surface area contributed by atoms with Crippen molar-refractivity contribution in [1.29, 1.82) is 0 Å². The van der Waals surface area contributed by atoms with Crippen molar-refractivity contribution >= 4 is 6.29 Å². The largest absolute Gasteiger partial charge is 0.296 e. The number of hydrogen-bond donors (Lipinski definition) is 3. The molecular formula is C4H6N4O. The molecule has 0 aliphatic carbocycles. The Kier molecular flexibility index (Phi) is 1.69. The van der Waals surface area contributed by atoms with E-state index in [1.165, 1.54) is 6.20 Å². The van der Waals surface area contributed by atoms with Gasteiger partial charge in [-0.15, -0.1) is 0 Å². The number of carbonyl (C=O) groups is 1. The first kappa shape index (κ1) is 5.61. The van der Waals surface area contributed by atoms with Crippen LogP contribution in [0.25, 0.3) is 0 Å². The maximum atomic E-state index is 10.1. The maximum absolute atomic E-state index is 10.1. The molecule has 9 heavy (non-hydrogen) atoms. The number of rotatable bonds is 1. The van der Waals surface area contributed by atoms with E-state index < -0.39 is 0 Å². The third-order valence-corrected chi connectivity index (χ3v) is 0.783. The predicted molar refractivity (Wildman–Crippen MR) is 30.3 cm³/mol. The number of H-pyrrole nitrogens is 3. The number of nitrogens with one attached hydrogen (secondary N) is 3. The van der Waals surface area contributed by atoms with E-state index in [0.717, 1.165) is 0 Å². The van der Waals surface area contributed by atoms with Crippen molar-refractivity contribution in [3.8, 4) is 0 Å². The lowest BCUT2D eigenvalue weighted by atomic mass is 10.5. The van der Waals surface area contributed by atoms with Gasteiger partial charge in [-0.3, -0.25) is 9.89 Å². The Hall–Kier alpha value is -1.52. The maximum Gasteiger partial charge on any atom is 0.167 e. The topological polar surface area (TPSA) is 77.3 Å². The van der Waals surface area contributed by atoms with Crippen LogP contribution < -0.4 is 0 Å². The normalized spacial score (nSPS) is 8.44. The molecule has 0 aliphatic heterocycles. The summed E-state index contributed by atoms with van der Waals surface area (Å²) >= 11 is 0. The minimum Gasteiger partial charge on any atom is -0.296 e. The van der Waals surface area contributed by atoms with Gasteiger partial charge >= 0.3 is 0 Å². The molecule has 0 bridgehead atoms. The van der Waals surface area contributed by atoms with Gasteiger partial charge in [-0.25, -0.2) is 10.4 Å². The first-order valence-electron chi connectivity index (χ1n) is 2.38. The summed E-state index contributed by atoms with van der Waals surface area (Å²) in [7, 11) is 0. The molecule has 1 aromatic rings. The summed E-state index contributed by atoms with van der Waals surface area (Å²) < 4.78 is 0. The van der Waals surface area contributed by atoms with E-state index in [2.05, 4.69) is 20.6 Å². The molecule has 5 nitrogen and oxygen atoms in total. The molecule has 0 unspecified atom stereocenters. The molecule has 0 spiro atoms. The zero-order chi connectivity index (χ0) is 6.53. The van der Waals surface area contributed by atoms with Crippen molar-refractivity contribution in [2.75, 3.05) is 0 Å². The number of hydrogen-bond acceptors (Lipinski definition) is 2. The molecule has 0 aliphatic rings. The zero-order valence-electron chi connectivity index (χ0n) is 4.59. The Balaban J connectivity index is 3.11. The SMILES string of the molecule is O=Cc1ccn[nH][nH][nH]1. The highest BCUT2D eigenvalue weighted by atomic mass is 16.1. The van der Waals surface area contributed by atoms with Crippen LogP contribution in [0.15, 0.2) is 12.3 Å². The van der Waals surface area contributed by atoms with E-state index >= 15 is 0 Å². The standard InChI is InChI=1S/C4H6N4O/c9-3-4-1-2-5-7-8-6-4/h1-3,6-8H. The van der Waals surface area contributed by atoms with Crippen LogP contribution in [0, 0.1) is 0 Å². The van der Waals surface area contributed by atoms with Crippen molar-refractivity contribution in [2.45, 2.75) is 0 Å². The molecule has 3 N–H and O–H groups in total. The van der Waals surface area contributed by atoms with Gasteiger partial charge in [0.2, 0.25) is 0 Å². The third-order valence-electron chi connectivity index (χ3n) is 0.783. The monoisotopic (exact) mass is 126 g/mol. The summed E-state index contributed by atoms with van der Waals surface area (Å²) in [6, 6.07) is 1.54. The Bertz CT molecular complexity index is 200. The number of aromatic amines is 3. The quantitative estimate of drug-likeness (QED) is 0.463. The van der Waals surface area contributed by atoms with Gasteiger partial charge in [0, 0.05) is 0 Å². The van der Waals surface area contributed by atoms with Gasteiger partial charge in [0.1, 0.15) is 0 Å². The van der Waals surface area contributed by atoms with Gasteiger partial charge < -0.3 is 0 Å². The van der Waals surface area contributed by atoms with Gasteiger partial charge in [0.15, 0.2) is 6.29 Å². The molecule has 1 rings (SSSR count). The average molecular weight is 126 g/mol. The molecular weight excluding hydrogens is 120 g/mol. The second-order valence-electron chi connectivity index (χ2n) is 1.38. The van der Waals surface area contributed by atoms with Crippen LogP contribution in [0.3, 0.4) is 0 Å². The summed E-state index contributed by atoms with van der Waals surface area (Å²) in [5.74, 6) is 0. The minimum atomic E-state index is 0.434. The van der Waals surface area contributed by atoms with E-state index in [0.29, 0.717) is 12.0 Å². The lowest BCUT2D eigenvalue weighted by molar-refractivity contribution is 0.111. The molecule has 0 fully saturated rings. The van der Waals surface area contributed by atoms with Gasteiger partial charge in [-0.1, -0.05) is 0 Å². The highest BCUT2D eigenvalue weighted by Gasteiger charge is 1.79. The summed E-state index contributed by atoms with van der Waals surface area (Å²) in [5, 5.41) is 11.0. The molecule has 0 radical (unpaired) electrons. The summed E-state index contributed by atoms with van der Waals surface area (Å²) in [6.45, 7) is 0. The first-order chi connectivity index (χ1) is 4.43. The molecule has 1 aromatic heterocycles. The second kappa shape index (κ2) is 2.71. The molecule has 1 heterocycles. The van der Waals surface area contributed by atoms with Crippen LogP contribution in [-0.2, 0) is 0 Å². The fourth-order valence-electron chi connectivity index (χ4n) is 0.398. The molecule has 0 aromatic carbocycles. The average Bonchev–Trinajstić information content (AvgIpc) is 2.13. The second-order valence-corrected chi connectivity index (χ2v) is 1.38. The molecule has 5 heteroatoms. The van der Waals surface area contributed by atoms with E-state index in [9.17, 15) is 4.79 Å². The Labute approximate surface area is 50.8 Å². The smallest absolute Gasteiger partial charge is 0.167 e. The number of aromatic nitrogens is 4. The molecule has 48 valence electrons. The van der Waals surface area contributed by atoms with Crippen LogP contribution in [0.1, 0.15) is 10.5 Å². The number of aldehydes is 1. The Morgan fingerprint density at radius 1 is 1.67 bits per heavy atom. The van der Waals surface area contributed by atoms with Crippen LogP contribution in [0.2, 0.25) is 0 Å². The number of nitrogens with zero attached hydrogens (tertiary/aromatic N) is 1. The van der Waals surface area contributed by atoms with Crippen molar-refractivity contribution in [3.05, 3.63) is 18.0 Å². The van der Waals surface area contributed by atoms with Gasteiger partial charge in [-0.2, -0.15) is 5.10 Å².